The number of fused-ring (bicyclic) bond motifs is 3. The number of ether oxygens (including phenoxy) is 1. The number of ketones is 1. The van der Waals surface area contributed by atoms with Gasteiger partial charge in [0.25, 0.3) is 0 Å². The number of nitrogens with zero attached hydrogens (tertiary/aromatic N) is 1. The second-order valence-corrected chi connectivity index (χ2v) is 7.75. The summed E-state index contributed by atoms with van der Waals surface area (Å²) in [6.07, 6.45) is 9.19. The van der Waals surface area contributed by atoms with E-state index in [1.165, 1.54) is 0 Å². The molecule has 3 aliphatic rings. The molecule has 5 unspecified atom stereocenters. The maximum absolute atomic E-state index is 12.6. The Balaban J connectivity index is 1.74. The van der Waals surface area contributed by atoms with E-state index in [1.807, 2.05) is 0 Å². The number of nitriles is 1. The fraction of sp³-hybridized carbons (Fsp3) is 0.895. The SMILES string of the molecule is CCC12CCC3(O)OC(CCCC#N)CCC3C1CCCC2=O. The fourth-order valence-electron chi connectivity index (χ4n) is 5.56. The van der Waals surface area contributed by atoms with Crippen LogP contribution in [0.3, 0.4) is 0 Å². The summed E-state index contributed by atoms with van der Waals surface area (Å²) in [5, 5.41) is 19.8. The Morgan fingerprint density at radius 1 is 1.30 bits per heavy atom. The van der Waals surface area contributed by atoms with Crippen molar-refractivity contribution in [2.45, 2.75) is 89.4 Å². The smallest absolute Gasteiger partial charge is 0.168 e. The highest BCUT2D eigenvalue weighted by atomic mass is 16.6. The molecule has 3 fully saturated rings. The number of rotatable bonds is 4. The predicted molar refractivity (Wildman–Crippen MR) is 86.3 cm³/mol. The van der Waals surface area contributed by atoms with Gasteiger partial charge in [-0.25, -0.2) is 0 Å². The second-order valence-electron chi connectivity index (χ2n) is 7.75. The Labute approximate surface area is 139 Å². The summed E-state index contributed by atoms with van der Waals surface area (Å²) in [5.41, 5.74) is -0.202. The van der Waals surface area contributed by atoms with Gasteiger partial charge in [-0.15, -0.1) is 0 Å². The monoisotopic (exact) mass is 319 g/mol. The molecule has 1 heterocycles. The molecule has 5 atom stereocenters. The molecule has 4 nitrogen and oxygen atoms in total. The van der Waals surface area contributed by atoms with Gasteiger partial charge >= 0.3 is 0 Å². The van der Waals surface area contributed by atoms with Gasteiger partial charge < -0.3 is 9.84 Å². The number of carbonyl (C=O) groups is 1. The highest BCUT2D eigenvalue weighted by Crippen LogP contribution is 2.59. The molecule has 0 aromatic carbocycles. The van der Waals surface area contributed by atoms with Gasteiger partial charge in [0, 0.05) is 30.6 Å². The third-order valence-electron chi connectivity index (χ3n) is 6.79. The quantitative estimate of drug-likeness (QED) is 0.802. The van der Waals surface area contributed by atoms with Crippen LogP contribution in [-0.4, -0.2) is 22.8 Å². The number of aliphatic hydroxyl groups is 1. The van der Waals surface area contributed by atoms with Gasteiger partial charge in [0.05, 0.1) is 12.2 Å². The second kappa shape index (κ2) is 6.53. The molecule has 0 spiro atoms. The van der Waals surface area contributed by atoms with Crippen molar-refractivity contribution >= 4 is 5.78 Å². The summed E-state index contributed by atoms with van der Waals surface area (Å²) < 4.78 is 6.13. The summed E-state index contributed by atoms with van der Waals surface area (Å²) in [4.78, 5) is 12.6. The minimum Gasteiger partial charge on any atom is -0.365 e. The van der Waals surface area contributed by atoms with Gasteiger partial charge in [0.15, 0.2) is 5.79 Å². The van der Waals surface area contributed by atoms with Crippen LogP contribution in [0.5, 0.6) is 0 Å². The maximum Gasteiger partial charge on any atom is 0.168 e. The van der Waals surface area contributed by atoms with Crippen LogP contribution >= 0.6 is 0 Å². The van der Waals surface area contributed by atoms with E-state index in [2.05, 4.69) is 13.0 Å². The molecule has 0 amide bonds. The van der Waals surface area contributed by atoms with E-state index in [1.54, 1.807) is 0 Å². The summed E-state index contributed by atoms with van der Waals surface area (Å²) >= 11 is 0. The van der Waals surface area contributed by atoms with Crippen LogP contribution in [0, 0.1) is 28.6 Å². The van der Waals surface area contributed by atoms with Gasteiger partial charge in [0.1, 0.15) is 5.78 Å². The molecular formula is C19H29NO3. The summed E-state index contributed by atoms with van der Waals surface area (Å²) in [6, 6.07) is 2.17. The molecule has 3 rings (SSSR count). The molecule has 2 saturated carbocycles. The number of unbranched alkanes of at least 4 members (excludes halogenated alkanes) is 1. The summed E-state index contributed by atoms with van der Waals surface area (Å²) in [7, 11) is 0. The predicted octanol–water partition coefficient (Wildman–Crippen LogP) is 3.72. The van der Waals surface area contributed by atoms with E-state index in [0.29, 0.717) is 25.0 Å². The zero-order valence-electron chi connectivity index (χ0n) is 14.2. The lowest BCUT2D eigenvalue weighted by atomic mass is 9.51. The molecule has 0 aromatic rings. The minimum absolute atomic E-state index is 0.0676. The number of hydrogen-bond donors (Lipinski definition) is 1. The molecular weight excluding hydrogens is 290 g/mol. The Kier molecular flexibility index (Phi) is 4.80. The van der Waals surface area contributed by atoms with Gasteiger partial charge in [-0.1, -0.05) is 6.92 Å². The van der Waals surface area contributed by atoms with Crippen LogP contribution < -0.4 is 0 Å². The van der Waals surface area contributed by atoms with E-state index in [9.17, 15) is 9.90 Å². The van der Waals surface area contributed by atoms with Crippen molar-refractivity contribution in [3.63, 3.8) is 0 Å². The molecule has 0 aromatic heterocycles. The third-order valence-corrected chi connectivity index (χ3v) is 6.79. The van der Waals surface area contributed by atoms with E-state index in [-0.39, 0.29) is 23.4 Å². The number of Topliss-reactive ketones (excluding diaryl/α,β-unsaturated/α-hetero) is 1. The summed E-state index contributed by atoms with van der Waals surface area (Å²) in [6.45, 7) is 2.13. The third kappa shape index (κ3) is 2.83. The molecule has 23 heavy (non-hydrogen) atoms. The molecule has 1 N–H and O–H groups in total. The van der Waals surface area contributed by atoms with Crippen LogP contribution in [0.25, 0.3) is 0 Å². The van der Waals surface area contributed by atoms with E-state index < -0.39 is 5.79 Å². The van der Waals surface area contributed by atoms with Crippen molar-refractivity contribution in [2.75, 3.05) is 0 Å². The lowest BCUT2D eigenvalue weighted by molar-refractivity contribution is -0.320. The van der Waals surface area contributed by atoms with Gasteiger partial charge in [-0.05, 0) is 57.3 Å². The van der Waals surface area contributed by atoms with Crippen molar-refractivity contribution < 1.29 is 14.6 Å². The molecule has 0 radical (unpaired) electrons. The first kappa shape index (κ1) is 16.9. The van der Waals surface area contributed by atoms with Crippen LogP contribution in [0.2, 0.25) is 0 Å². The lowest BCUT2D eigenvalue weighted by Gasteiger charge is -2.58. The maximum atomic E-state index is 12.6. The van der Waals surface area contributed by atoms with E-state index in [4.69, 9.17) is 10.00 Å². The van der Waals surface area contributed by atoms with Gasteiger partial charge in [-0.2, -0.15) is 5.26 Å². The normalized spacial score (nSPS) is 43.3. The largest absolute Gasteiger partial charge is 0.365 e. The Morgan fingerprint density at radius 2 is 2.13 bits per heavy atom. The molecule has 2 aliphatic carbocycles. The van der Waals surface area contributed by atoms with Crippen molar-refractivity contribution in [3.05, 3.63) is 0 Å². The Hall–Kier alpha value is -0.920. The van der Waals surface area contributed by atoms with Gasteiger partial charge in [-0.3, -0.25) is 4.79 Å². The molecule has 4 heteroatoms. The average molecular weight is 319 g/mol. The topological polar surface area (TPSA) is 70.3 Å². The zero-order chi connectivity index (χ0) is 16.5. The molecule has 128 valence electrons. The van der Waals surface area contributed by atoms with Crippen molar-refractivity contribution in [2.24, 2.45) is 17.3 Å². The minimum atomic E-state index is -1.05. The lowest BCUT2D eigenvalue weighted by Crippen LogP contribution is -2.60. The van der Waals surface area contributed by atoms with Crippen LogP contribution in [-0.2, 0) is 9.53 Å². The van der Waals surface area contributed by atoms with Gasteiger partial charge in [0.2, 0.25) is 0 Å². The molecule has 1 aliphatic heterocycles. The first-order valence-corrected chi connectivity index (χ1v) is 9.36. The van der Waals surface area contributed by atoms with Crippen LogP contribution in [0.15, 0.2) is 0 Å². The highest BCUT2D eigenvalue weighted by Gasteiger charge is 2.60. The number of hydrogen-bond acceptors (Lipinski definition) is 4. The van der Waals surface area contributed by atoms with Crippen molar-refractivity contribution in [1.82, 2.24) is 0 Å². The first-order chi connectivity index (χ1) is 11.1. The standard InChI is InChI=1S/C19H29NO3/c1-2-18-11-12-19(22)16(15(18)7-5-8-17(18)21)10-9-14(23-19)6-3-4-13-20/h14-16,22H,2-12H2,1H3. The fourth-order valence-corrected chi connectivity index (χ4v) is 5.56. The molecule has 1 saturated heterocycles. The summed E-state index contributed by atoms with van der Waals surface area (Å²) in [5.74, 6) is -0.231. The molecule has 0 bridgehead atoms. The highest BCUT2D eigenvalue weighted by molar-refractivity contribution is 5.86. The van der Waals surface area contributed by atoms with Crippen LogP contribution in [0.4, 0.5) is 0 Å². The zero-order valence-corrected chi connectivity index (χ0v) is 14.2. The Morgan fingerprint density at radius 3 is 2.87 bits per heavy atom. The number of carbonyl (C=O) groups excluding carboxylic acids is 1. The van der Waals surface area contributed by atoms with Crippen molar-refractivity contribution in [1.29, 1.82) is 5.26 Å². The Bertz CT molecular complexity index is 499. The van der Waals surface area contributed by atoms with Crippen LogP contribution in [0.1, 0.15) is 77.6 Å². The van der Waals surface area contributed by atoms with E-state index in [0.717, 1.165) is 51.4 Å². The van der Waals surface area contributed by atoms with E-state index >= 15 is 0 Å². The first-order valence-electron chi connectivity index (χ1n) is 9.36. The average Bonchev–Trinajstić information content (AvgIpc) is 2.55. The van der Waals surface area contributed by atoms with Crippen molar-refractivity contribution in [3.8, 4) is 6.07 Å².